The van der Waals surface area contributed by atoms with Crippen LogP contribution in [0.2, 0.25) is 0 Å². The molecule has 0 unspecified atom stereocenters. The molecule has 6 heterocycles. The molecule has 3 aromatic rings. The van der Waals surface area contributed by atoms with Gasteiger partial charge in [-0.1, -0.05) is 0 Å². The molecule has 6 rings (SSSR count). The Morgan fingerprint density at radius 2 is 0.739 bits per heavy atom. The summed E-state index contributed by atoms with van der Waals surface area (Å²) in [5.41, 5.74) is 0.894. The third-order valence-electron chi connectivity index (χ3n) is 6.99. The average Bonchev–Trinajstić information content (AvgIpc) is 3.10. The predicted octanol–water partition coefficient (Wildman–Crippen LogP) is 0.776. The summed E-state index contributed by atoms with van der Waals surface area (Å²) in [5, 5.41) is 28.4. The number of ether oxygens (including phenoxy) is 3. The summed E-state index contributed by atoms with van der Waals surface area (Å²) in [4.78, 5) is 51.9. The first kappa shape index (κ1) is 36.1. The number of carbonyl (C=O) groups is 3. The van der Waals surface area contributed by atoms with Crippen LogP contribution < -0.4 is 0 Å². The van der Waals surface area contributed by atoms with Crippen molar-refractivity contribution in [3.63, 3.8) is 0 Å². The van der Waals surface area contributed by atoms with E-state index in [0.717, 1.165) is 0 Å². The van der Waals surface area contributed by atoms with Crippen LogP contribution in [0, 0.1) is 0 Å². The molecule has 0 bridgehead atoms. The second kappa shape index (κ2) is 18.6. The summed E-state index contributed by atoms with van der Waals surface area (Å²) in [6.07, 6.45) is 8.29. The molecule has 0 aromatic carbocycles. The standard InChI is InChI=1S/3C10H12N2O3.Fe/c3*13-9-7-11-2-1-8(9)10(14)12-3-5-15-6-4-12;/h3*1-2,7,13H,3-6H2;. The van der Waals surface area contributed by atoms with Gasteiger partial charge in [-0.2, -0.15) is 0 Å². The van der Waals surface area contributed by atoms with Crippen LogP contribution in [0.25, 0.3) is 0 Å². The van der Waals surface area contributed by atoms with Crippen molar-refractivity contribution in [2.75, 3.05) is 78.9 Å². The zero-order valence-corrected chi connectivity index (χ0v) is 26.1. The third kappa shape index (κ3) is 10.1. The van der Waals surface area contributed by atoms with Gasteiger partial charge in [0.05, 0.1) is 74.9 Å². The second-order valence-corrected chi connectivity index (χ2v) is 9.89. The summed E-state index contributed by atoms with van der Waals surface area (Å²) in [7, 11) is 0. The van der Waals surface area contributed by atoms with Gasteiger partial charge in [0.25, 0.3) is 17.7 Å². The quantitative estimate of drug-likeness (QED) is 0.331. The van der Waals surface area contributed by atoms with Gasteiger partial charge in [0.2, 0.25) is 0 Å². The van der Waals surface area contributed by atoms with E-state index in [1.54, 1.807) is 14.7 Å². The minimum atomic E-state index is -0.168. The predicted molar refractivity (Wildman–Crippen MR) is 158 cm³/mol. The van der Waals surface area contributed by atoms with E-state index in [4.69, 9.17) is 14.2 Å². The van der Waals surface area contributed by atoms with Crippen molar-refractivity contribution in [2.45, 2.75) is 0 Å². The number of hydrogen-bond acceptors (Lipinski definition) is 12. The van der Waals surface area contributed by atoms with Crippen molar-refractivity contribution in [1.82, 2.24) is 29.7 Å². The fourth-order valence-electron chi connectivity index (χ4n) is 4.51. The minimum absolute atomic E-state index is 0. The van der Waals surface area contributed by atoms with E-state index >= 15 is 0 Å². The molecule has 3 aromatic heterocycles. The number of amides is 3. The van der Waals surface area contributed by atoms with Gasteiger partial charge in [0.15, 0.2) is 0 Å². The fourth-order valence-corrected chi connectivity index (χ4v) is 4.51. The molecule has 46 heavy (non-hydrogen) atoms. The number of nitrogens with zero attached hydrogens (tertiary/aromatic N) is 6. The van der Waals surface area contributed by atoms with E-state index in [2.05, 4.69) is 15.0 Å². The molecule has 3 amide bonds. The Bertz CT molecular complexity index is 1260. The van der Waals surface area contributed by atoms with Gasteiger partial charge in [0, 0.05) is 74.9 Å². The molecule has 3 fully saturated rings. The summed E-state index contributed by atoms with van der Waals surface area (Å²) in [5.74, 6) is -0.730. The van der Waals surface area contributed by atoms with E-state index < -0.39 is 0 Å². The van der Waals surface area contributed by atoms with Crippen LogP contribution in [0.15, 0.2) is 55.4 Å². The topological polar surface area (TPSA) is 188 Å². The zero-order valence-electron chi connectivity index (χ0n) is 25.0. The molecule has 248 valence electrons. The normalized spacial score (nSPS) is 16.0. The van der Waals surface area contributed by atoms with Crippen LogP contribution in [-0.2, 0) is 31.3 Å². The third-order valence-corrected chi connectivity index (χ3v) is 6.99. The first-order chi connectivity index (χ1) is 21.9. The minimum Gasteiger partial charge on any atom is -0.505 e. The Labute approximate surface area is 276 Å². The maximum absolute atomic E-state index is 11.9. The van der Waals surface area contributed by atoms with Crippen molar-refractivity contribution in [3.05, 3.63) is 72.1 Å². The molecule has 3 aliphatic heterocycles. The van der Waals surface area contributed by atoms with Gasteiger partial charge in [0.1, 0.15) is 17.2 Å². The zero-order chi connectivity index (χ0) is 32.0. The van der Waals surface area contributed by atoms with Gasteiger partial charge in [-0.05, 0) is 18.2 Å². The molecule has 0 spiro atoms. The molecular formula is C30H36FeN6O9. The van der Waals surface area contributed by atoms with Crippen LogP contribution in [0.5, 0.6) is 17.2 Å². The monoisotopic (exact) mass is 680 g/mol. The maximum Gasteiger partial charge on any atom is 0.257 e. The van der Waals surface area contributed by atoms with Gasteiger partial charge < -0.3 is 44.2 Å². The van der Waals surface area contributed by atoms with Crippen LogP contribution >= 0.6 is 0 Å². The van der Waals surface area contributed by atoms with E-state index in [1.165, 1.54) is 55.4 Å². The molecule has 15 nitrogen and oxygen atoms in total. The van der Waals surface area contributed by atoms with Crippen molar-refractivity contribution >= 4 is 17.7 Å². The van der Waals surface area contributed by atoms with E-state index in [-0.39, 0.29) is 52.0 Å². The van der Waals surface area contributed by atoms with Crippen molar-refractivity contribution in [3.8, 4) is 17.2 Å². The summed E-state index contributed by atoms with van der Waals surface area (Å²) < 4.78 is 15.4. The van der Waals surface area contributed by atoms with Crippen LogP contribution in [0.3, 0.4) is 0 Å². The molecule has 3 aliphatic rings. The Morgan fingerprint density at radius 3 is 0.957 bits per heavy atom. The van der Waals surface area contributed by atoms with Crippen LogP contribution in [-0.4, -0.2) is 142 Å². The largest absolute Gasteiger partial charge is 0.505 e. The summed E-state index contributed by atoms with van der Waals surface area (Å²) in [6.45, 7) is 6.74. The maximum atomic E-state index is 11.9. The Morgan fingerprint density at radius 1 is 0.500 bits per heavy atom. The molecular weight excluding hydrogens is 644 g/mol. The first-order valence-corrected chi connectivity index (χ1v) is 14.4. The summed E-state index contributed by atoms with van der Waals surface area (Å²) in [6, 6.07) is 4.56. The van der Waals surface area contributed by atoms with Crippen LogP contribution in [0.4, 0.5) is 0 Å². The second-order valence-electron chi connectivity index (χ2n) is 9.89. The van der Waals surface area contributed by atoms with Crippen molar-refractivity contribution in [1.29, 1.82) is 0 Å². The van der Waals surface area contributed by atoms with Crippen molar-refractivity contribution in [2.24, 2.45) is 0 Å². The smallest absolute Gasteiger partial charge is 0.257 e. The first-order valence-electron chi connectivity index (χ1n) is 14.4. The molecule has 3 N–H and O–H groups in total. The Hall–Kier alpha value is -4.34. The molecule has 0 aliphatic carbocycles. The molecule has 16 heteroatoms. The SMILES string of the molecule is O=C(c1ccncc1O)N1CCOCC1.O=C(c1ccncc1O)N1CCOCC1.O=C(c1ccncc1O)N1CCOCC1.[Fe]. The molecule has 0 radical (unpaired) electrons. The Balaban J connectivity index is 0.000000186. The van der Waals surface area contributed by atoms with E-state index in [9.17, 15) is 29.7 Å². The number of pyridine rings is 3. The number of aromatic hydroxyl groups is 3. The van der Waals surface area contributed by atoms with Crippen LogP contribution in [0.1, 0.15) is 31.1 Å². The van der Waals surface area contributed by atoms with Gasteiger partial charge >= 0.3 is 0 Å². The average molecular weight is 680 g/mol. The van der Waals surface area contributed by atoms with E-state index in [1.807, 2.05) is 0 Å². The number of morpholine rings is 3. The molecule has 0 atom stereocenters. The van der Waals surface area contributed by atoms with Crippen molar-refractivity contribution < 1.29 is 61.0 Å². The van der Waals surface area contributed by atoms with Gasteiger partial charge in [-0.15, -0.1) is 0 Å². The molecule has 3 saturated heterocycles. The number of carbonyl (C=O) groups excluding carboxylic acids is 3. The van der Waals surface area contributed by atoms with Gasteiger partial charge in [-0.3, -0.25) is 29.3 Å². The number of hydrogen-bond donors (Lipinski definition) is 3. The Kier molecular flexibility index (Phi) is 14.6. The fraction of sp³-hybridized carbons (Fsp3) is 0.400. The van der Waals surface area contributed by atoms with Gasteiger partial charge in [-0.25, -0.2) is 0 Å². The number of rotatable bonds is 3. The summed E-state index contributed by atoms with van der Waals surface area (Å²) >= 11 is 0. The molecule has 0 saturated carbocycles. The number of aromatic nitrogens is 3. The van der Waals surface area contributed by atoms with E-state index in [0.29, 0.717) is 95.6 Å².